The third kappa shape index (κ3) is 8.16. The Hall–Kier alpha value is -0.210. The van der Waals surface area contributed by atoms with Crippen LogP contribution in [0.1, 0.15) is 19.3 Å². The summed E-state index contributed by atoms with van der Waals surface area (Å²) in [6.45, 7) is 4.68. The summed E-state index contributed by atoms with van der Waals surface area (Å²) in [5, 5.41) is 3.29. The Morgan fingerprint density at radius 3 is 2.65 bits per heavy atom. The molecule has 0 unspecified atom stereocenters. The monoisotopic (exact) mass is 307 g/mol. The van der Waals surface area contributed by atoms with Crippen LogP contribution in [0.4, 0.5) is 0 Å². The molecular formula is C13H29N3O3S. The van der Waals surface area contributed by atoms with Gasteiger partial charge in [0.05, 0.1) is 12.4 Å². The van der Waals surface area contributed by atoms with Crippen LogP contribution in [-0.2, 0) is 14.8 Å². The molecule has 1 saturated heterocycles. The van der Waals surface area contributed by atoms with Crippen LogP contribution in [0.25, 0.3) is 0 Å². The highest BCUT2D eigenvalue weighted by atomic mass is 32.2. The topological polar surface area (TPSA) is 70.7 Å². The van der Waals surface area contributed by atoms with Crippen molar-refractivity contribution in [3.8, 4) is 0 Å². The van der Waals surface area contributed by atoms with E-state index in [1.807, 2.05) is 7.05 Å². The third-order valence-electron chi connectivity index (χ3n) is 3.75. The highest BCUT2D eigenvalue weighted by molar-refractivity contribution is 7.89. The maximum atomic E-state index is 11.9. The van der Waals surface area contributed by atoms with Gasteiger partial charge in [-0.05, 0) is 45.3 Å². The molecule has 20 heavy (non-hydrogen) atoms. The number of hydrogen-bond acceptors (Lipinski definition) is 5. The second kappa shape index (κ2) is 9.68. The summed E-state index contributed by atoms with van der Waals surface area (Å²) in [5.74, 6) is 0.802. The van der Waals surface area contributed by atoms with Gasteiger partial charge in [0.25, 0.3) is 0 Å². The number of nitrogens with zero attached hydrogens (tertiary/aromatic N) is 1. The first kappa shape index (κ1) is 17.8. The molecule has 0 aromatic rings. The Balaban J connectivity index is 2.14. The molecule has 0 spiro atoms. The van der Waals surface area contributed by atoms with E-state index in [-0.39, 0.29) is 5.75 Å². The number of rotatable bonds is 10. The van der Waals surface area contributed by atoms with Crippen LogP contribution in [0.3, 0.4) is 0 Å². The van der Waals surface area contributed by atoms with Crippen LogP contribution in [0.2, 0.25) is 0 Å². The van der Waals surface area contributed by atoms with Crippen LogP contribution in [0, 0.1) is 5.92 Å². The molecule has 0 radical (unpaired) electrons. The number of hydrogen-bond donors (Lipinski definition) is 2. The second-order valence-electron chi connectivity index (χ2n) is 5.49. The molecule has 1 fully saturated rings. The lowest BCUT2D eigenvalue weighted by molar-refractivity contribution is 0.162. The molecule has 1 rings (SSSR count). The summed E-state index contributed by atoms with van der Waals surface area (Å²) < 4.78 is 31.5. The van der Waals surface area contributed by atoms with Gasteiger partial charge < -0.3 is 15.0 Å². The maximum Gasteiger partial charge on any atom is 0.211 e. The van der Waals surface area contributed by atoms with Crippen LogP contribution in [0.15, 0.2) is 0 Å². The van der Waals surface area contributed by atoms with Crippen molar-refractivity contribution in [2.75, 3.05) is 59.2 Å². The Kier molecular flexibility index (Phi) is 8.63. The van der Waals surface area contributed by atoms with Crippen molar-refractivity contribution in [2.45, 2.75) is 19.3 Å². The molecule has 0 bridgehead atoms. The average molecular weight is 307 g/mol. The smallest absolute Gasteiger partial charge is 0.211 e. The zero-order valence-electron chi connectivity index (χ0n) is 12.7. The van der Waals surface area contributed by atoms with Crippen molar-refractivity contribution >= 4 is 10.0 Å². The maximum absolute atomic E-state index is 11.9. The molecule has 0 saturated carbocycles. The van der Waals surface area contributed by atoms with Gasteiger partial charge in [-0.25, -0.2) is 13.1 Å². The van der Waals surface area contributed by atoms with E-state index in [9.17, 15) is 8.42 Å². The first-order valence-corrected chi connectivity index (χ1v) is 9.04. The molecule has 6 nitrogen and oxygen atoms in total. The predicted molar refractivity (Wildman–Crippen MR) is 81.4 cm³/mol. The summed E-state index contributed by atoms with van der Waals surface area (Å²) in [4.78, 5) is 2.05. The molecule has 2 N–H and O–H groups in total. The SMILES string of the molecule is COCCN(C)CCNS(=O)(=O)CCC1CCNCC1. The number of sulfonamides is 1. The molecule has 1 aliphatic rings. The molecule has 0 aromatic carbocycles. The van der Waals surface area contributed by atoms with Gasteiger partial charge in [-0.1, -0.05) is 0 Å². The van der Waals surface area contributed by atoms with Gasteiger partial charge in [0, 0.05) is 26.7 Å². The van der Waals surface area contributed by atoms with E-state index in [0.29, 0.717) is 25.6 Å². The number of methoxy groups -OCH3 is 1. The number of likely N-dealkylation sites (N-methyl/N-ethyl adjacent to an activating group) is 1. The van der Waals surface area contributed by atoms with Gasteiger partial charge in [0.15, 0.2) is 0 Å². The Morgan fingerprint density at radius 1 is 1.30 bits per heavy atom. The van der Waals surface area contributed by atoms with Crippen molar-refractivity contribution < 1.29 is 13.2 Å². The Labute approximate surface area is 123 Å². The second-order valence-corrected chi connectivity index (χ2v) is 7.42. The molecule has 1 aliphatic heterocycles. The molecule has 0 atom stereocenters. The fourth-order valence-electron chi connectivity index (χ4n) is 2.32. The summed E-state index contributed by atoms with van der Waals surface area (Å²) in [5.41, 5.74) is 0. The lowest BCUT2D eigenvalue weighted by Gasteiger charge is -2.22. The number of nitrogens with one attached hydrogen (secondary N) is 2. The summed E-state index contributed by atoms with van der Waals surface area (Å²) in [6, 6.07) is 0. The molecule has 1 heterocycles. The van der Waals surface area contributed by atoms with Crippen molar-refractivity contribution in [2.24, 2.45) is 5.92 Å². The Bertz CT molecular complexity index is 343. The van der Waals surface area contributed by atoms with Crippen LogP contribution in [-0.4, -0.2) is 72.6 Å². The minimum atomic E-state index is -3.13. The quantitative estimate of drug-likeness (QED) is 0.588. The van der Waals surface area contributed by atoms with Crippen molar-refractivity contribution in [3.05, 3.63) is 0 Å². The fourth-order valence-corrected chi connectivity index (χ4v) is 3.51. The minimum Gasteiger partial charge on any atom is -0.383 e. The zero-order chi connectivity index (χ0) is 14.8. The highest BCUT2D eigenvalue weighted by Crippen LogP contribution is 2.16. The van der Waals surface area contributed by atoms with Crippen LogP contribution in [0.5, 0.6) is 0 Å². The molecular weight excluding hydrogens is 278 g/mol. The first-order valence-electron chi connectivity index (χ1n) is 7.39. The highest BCUT2D eigenvalue weighted by Gasteiger charge is 2.17. The van der Waals surface area contributed by atoms with E-state index in [1.165, 1.54) is 0 Å². The summed E-state index contributed by atoms with van der Waals surface area (Å²) in [7, 11) is 0.499. The van der Waals surface area contributed by atoms with E-state index in [4.69, 9.17) is 4.74 Å². The van der Waals surface area contributed by atoms with Gasteiger partial charge in [0.2, 0.25) is 10.0 Å². The zero-order valence-corrected chi connectivity index (χ0v) is 13.5. The van der Waals surface area contributed by atoms with Crippen molar-refractivity contribution in [1.82, 2.24) is 14.9 Å². The summed E-state index contributed by atoms with van der Waals surface area (Å²) >= 11 is 0. The average Bonchev–Trinajstić information content (AvgIpc) is 2.44. The first-order chi connectivity index (χ1) is 9.53. The largest absolute Gasteiger partial charge is 0.383 e. The van der Waals surface area contributed by atoms with Crippen LogP contribution < -0.4 is 10.0 Å². The summed E-state index contributed by atoms with van der Waals surface area (Å²) in [6.07, 6.45) is 2.96. The van der Waals surface area contributed by atoms with Gasteiger partial charge in [0.1, 0.15) is 0 Å². The minimum absolute atomic E-state index is 0.249. The van der Waals surface area contributed by atoms with Gasteiger partial charge in [-0.15, -0.1) is 0 Å². The van der Waals surface area contributed by atoms with Gasteiger partial charge in [-0.3, -0.25) is 0 Å². The van der Waals surface area contributed by atoms with E-state index in [1.54, 1.807) is 7.11 Å². The fraction of sp³-hybridized carbons (Fsp3) is 1.00. The predicted octanol–water partition coefficient (Wildman–Crippen LogP) is -0.126. The van der Waals surface area contributed by atoms with E-state index < -0.39 is 10.0 Å². The molecule has 0 amide bonds. The lowest BCUT2D eigenvalue weighted by Crippen LogP contribution is -2.36. The Morgan fingerprint density at radius 2 is 2.00 bits per heavy atom. The molecule has 0 aliphatic carbocycles. The van der Waals surface area contributed by atoms with E-state index in [0.717, 1.165) is 38.9 Å². The van der Waals surface area contributed by atoms with Crippen molar-refractivity contribution in [3.63, 3.8) is 0 Å². The number of ether oxygens (including phenoxy) is 1. The number of piperidine rings is 1. The van der Waals surface area contributed by atoms with Crippen LogP contribution >= 0.6 is 0 Å². The third-order valence-corrected chi connectivity index (χ3v) is 5.16. The van der Waals surface area contributed by atoms with Gasteiger partial charge in [-0.2, -0.15) is 0 Å². The molecule has 0 aromatic heterocycles. The molecule has 7 heteroatoms. The lowest BCUT2D eigenvalue weighted by atomic mass is 9.96. The van der Waals surface area contributed by atoms with E-state index in [2.05, 4.69) is 14.9 Å². The van der Waals surface area contributed by atoms with Gasteiger partial charge >= 0.3 is 0 Å². The standard InChI is InChI=1S/C13H29N3O3S/c1-16(10-11-19-2)9-8-15-20(17,18)12-5-13-3-6-14-7-4-13/h13-15H,3-12H2,1-2H3. The normalized spacial score (nSPS) is 17.8. The van der Waals surface area contributed by atoms with E-state index >= 15 is 0 Å². The molecule has 120 valence electrons. The van der Waals surface area contributed by atoms with Crippen molar-refractivity contribution in [1.29, 1.82) is 0 Å².